The summed E-state index contributed by atoms with van der Waals surface area (Å²) in [5, 5.41) is 2.76. The van der Waals surface area contributed by atoms with Gasteiger partial charge in [-0.3, -0.25) is 14.5 Å². The number of hydrogen-bond acceptors (Lipinski definition) is 3. The van der Waals surface area contributed by atoms with E-state index in [2.05, 4.69) is 12.2 Å². The molecule has 1 saturated carbocycles. The number of anilines is 1. The third-order valence-corrected chi connectivity index (χ3v) is 5.43. The van der Waals surface area contributed by atoms with Gasteiger partial charge in [-0.1, -0.05) is 38.3 Å². The van der Waals surface area contributed by atoms with Crippen LogP contribution in [-0.2, 0) is 16.0 Å². The van der Waals surface area contributed by atoms with Gasteiger partial charge in [-0.2, -0.15) is 0 Å². The molecule has 1 aliphatic carbocycles. The monoisotopic (exact) mass is 343 g/mol. The van der Waals surface area contributed by atoms with Crippen LogP contribution in [0.5, 0.6) is 0 Å². The lowest BCUT2D eigenvalue weighted by molar-refractivity contribution is -0.136. The maximum atomic E-state index is 12.9. The molecule has 1 aliphatic heterocycles. The van der Waals surface area contributed by atoms with E-state index in [1.165, 1.54) is 10.5 Å². The lowest BCUT2D eigenvalue weighted by Gasteiger charge is -2.35. The van der Waals surface area contributed by atoms with Crippen LogP contribution >= 0.6 is 0 Å². The molecule has 1 spiro atoms. The van der Waals surface area contributed by atoms with Crippen molar-refractivity contribution in [3.8, 4) is 0 Å². The average molecular weight is 343 g/mol. The molecule has 1 saturated heterocycles. The Morgan fingerprint density at radius 1 is 1.12 bits per heavy atom. The number of nitrogens with zero attached hydrogens (tertiary/aromatic N) is 2. The third kappa shape index (κ3) is 3.13. The molecule has 134 valence electrons. The first-order valence-corrected chi connectivity index (χ1v) is 8.96. The van der Waals surface area contributed by atoms with E-state index in [1.54, 1.807) is 7.05 Å². The molecule has 25 heavy (non-hydrogen) atoms. The van der Waals surface area contributed by atoms with E-state index in [9.17, 15) is 14.4 Å². The number of rotatable bonds is 4. The molecule has 0 unspecified atom stereocenters. The maximum absolute atomic E-state index is 12.9. The number of likely N-dealkylation sites (N-methyl/N-ethyl adjacent to an activating group) is 1. The minimum Gasteiger partial charge on any atom is -0.325 e. The van der Waals surface area contributed by atoms with E-state index in [1.807, 2.05) is 24.3 Å². The minimum atomic E-state index is -0.738. The SMILES string of the molecule is CCc1ccc(NC(=O)CN2C(=O)N(C)C3(CCCCC3)C2=O)cc1. The number of urea groups is 1. The topological polar surface area (TPSA) is 69.7 Å². The van der Waals surface area contributed by atoms with Gasteiger partial charge in [-0.05, 0) is 37.0 Å². The lowest BCUT2D eigenvalue weighted by atomic mass is 9.81. The molecule has 0 radical (unpaired) electrons. The van der Waals surface area contributed by atoms with Gasteiger partial charge < -0.3 is 10.2 Å². The number of imide groups is 1. The van der Waals surface area contributed by atoms with Crippen molar-refractivity contribution in [3.63, 3.8) is 0 Å². The molecule has 1 N–H and O–H groups in total. The lowest BCUT2D eigenvalue weighted by Crippen LogP contribution is -2.49. The van der Waals surface area contributed by atoms with Gasteiger partial charge in [0.1, 0.15) is 12.1 Å². The molecule has 0 aromatic heterocycles. The van der Waals surface area contributed by atoms with Crippen LogP contribution in [0.4, 0.5) is 10.5 Å². The number of benzene rings is 1. The second-order valence-electron chi connectivity index (χ2n) is 6.92. The molecule has 2 aliphatic rings. The van der Waals surface area contributed by atoms with E-state index in [-0.39, 0.29) is 24.4 Å². The standard InChI is InChI=1S/C19H25N3O3/c1-3-14-7-9-15(10-8-14)20-16(23)13-22-17(24)19(21(2)18(22)25)11-5-4-6-12-19/h7-10H,3-6,11-13H2,1-2H3,(H,20,23). The van der Waals surface area contributed by atoms with E-state index in [0.717, 1.165) is 30.6 Å². The van der Waals surface area contributed by atoms with Gasteiger partial charge in [0.05, 0.1) is 0 Å². The van der Waals surface area contributed by atoms with Crippen LogP contribution in [0.3, 0.4) is 0 Å². The van der Waals surface area contributed by atoms with Crippen molar-refractivity contribution in [1.29, 1.82) is 0 Å². The highest BCUT2D eigenvalue weighted by molar-refractivity contribution is 6.10. The molecule has 3 rings (SSSR count). The quantitative estimate of drug-likeness (QED) is 0.855. The normalized spacial score (nSPS) is 19.6. The molecule has 1 aromatic rings. The Hall–Kier alpha value is -2.37. The molecule has 1 aromatic carbocycles. The zero-order chi connectivity index (χ0) is 18.0. The van der Waals surface area contributed by atoms with Crippen LogP contribution in [0, 0.1) is 0 Å². The summed E-state index contributed by atoms with van der Waals surface area (Å²) < 4.78 is 0. The summed E-state index contributed by atoms with van der Waals surface area (Å²) >= 11 is 0. The zero-order valence-electron chi connectivity index (χ0n) is 14.9. The Kier molecular flexibility index (Phi) is 4.79. The van der Waals surface area contributed by atoms with Gasteiger partial charge in [0.15, 0.2) is 0 Å². The van der Waals surface area contributed by atoms with E-state index >= 15 is 0 Å². The summed E-state index contributed by atoms with van der Waals surface area (Å²) in [6, 6.07) is 7.19. The van der Waals surface area contributed by atoms with Crippen LogP contribution in [-0.4, -0.2) is 46.8 Å². The van der Waals surface area contributed by atoms with Crippen LogP contribution in [0.25, 0.3) is 0 Å². The van der Waals surface area contributed by atoms with E-state index < -0.39 is 5.54 Å². The fraction of sp³-hybridized carbons (Fsp3) is 0.526. The average Bonchev–Trinajstić information content (AvgIpc) is 2.79. The van der Waals surface area contributed by atoms with Crippen molar-refractivity contribution in [2.75, 3.05) is 18.9 Å². The highest BCUT2D eigenvalue weighted by Gasteiger charge is 2.55. The number of nitrogens with one attached hydrogen (secondary N) is 1. The molecule has 2 fully saturated rings. The molecular formula is C19H25N3O3. The highest BCUT2D eigenvalue weighted by atomic mass is 16.2. The van der Waals surface area contributed by atoms with Crippen molar-refractivity contribution >= 4 is 23.5 Å². The molecule has 4 amide bonds. The van der Waals surface area contributed by atoms with Crippen molar-refractivity contribution in [2.45, 2.75) is 51.0 Å². The molecule has 1 heterocycles. The number of aryl methyl sites for hydroxylation is 1. The van der Waals surface area contributed by atoms with Crippen LogP contribution < -0.4 is 5.32 Å². The predicted octanol–water partition coefficient (Wildman–Crippen LogP) is 2.78. The molecule has 0 atom stereocenters. The Balaban J connectivity index is 1.68. The van der Waals surface area contributed by atoms with E-state index in [4.69, 9.17) is 0 Å². The van der Waals surface area contributed by atoms with Crippen LogP contribution in [0.15, 0.2) is 24.3 Å². The summed E-state index contributed by atoms with van der Waals surface area (Å²) in [5.74, 6) is -0.580. The molecule has 6 nitrogen and oxygen atoms in total. The molecule has 6 heteroatoms. The van der Waals surface area contributed by atoms with Gasteiger partial charge >= 0.3 is 6.03 Å². The number of carbonyl (C=O) groups excluding carboxylic acids is 3. The Morgan fingerprint density at radius 3 is 2.36 bits per heavy atom. The summed E-state index contributed by atoms with van der Waals surface area (Å²) in [6.07, 6.45) is 5.26. The van der Waals surface area contributed by atoms with Gasteiger partial charge in [-0.25, -0.2) is 4.79 Å². The predicted molar refractivity (Wildman–Crippen MR) is 95.1 cm³/mol. The fourth-order valence-corrected chi connectivity index (χ4v) is 3.84. The van der Waals surface area contributed by atoms with Gasteiger partial charge in [0.2, 0.25) is 5.91 Å². The van der Waals surface area contributed by atoms with Crippen LogP contribution in [0.1, 0.15) is 44.6 Å². The first-order valence-electron chi connectivity index (χ1n) is 8.96. The van der Waals surface area contributed by atoms with Crippen molar-refractivity contribution in [3.05, 3.63) is 29.8 Å². The zero-order valence-corrected chi connectivity index (χ0v) is 14.9. The molecular weight excluding hydrogens is 318 g/mol. The summed E-state index contributed by atoms with van der Waals surface area (Å²) in [6.45, 7) is 1.83. The molecule has 0 bridgehead atoms. The largest absolute Gasteiger partial charge is 0.327 e. The second-order valence-corrected chi connectivity index (χ2v) is 6.92. The maximum Gasteiger partial charge on any atom is 0.327 e. The van der Waals surface area contributed by atoms with Gasteiger partial charge in [-0.15, -0.1) is 0 Å². The summed E-state index contributed by atoms with van der Waals surface area (Å²) in [5.41, 5.74) is 1.11. The first kappa shape index (κ1) is 17.5. The van der Waals surface area contributed by atoms with Crippen molar-refractivity contribution in [2.24, 2.45) is 0 Å². The van der Waals surface area contributed by atoms with Crippen molar-refractivity contribution in [1.82, 2.24) is 9.80 Å². The minimum absolute atomic E-state index is 0.226. The number of amides is 4. The van der Waals surface area contributed by atoms with E-state index in [0.29, 0.717) is 18.5 Å². The summed E-state index contributed by atoms with van der Waals surface area (Å²) in [7, 11) is 1.67. The van der Waals surface area contributed by atoms with Gasteiger partial charge in [0.25, 0.3) is 5.91 Å². The number of carbonyl (C=O) groups is 3. The fourth-order valence-electron chi connectivity index (χ4n) is 3.84. The Morgan fingerprint density at radius 2 is 1.76 bits per heavy atom. The number of hydrogen-bond donors (Lipinski definition) is 1. The van der Waals surface area contributed by atoms with Crippen LogP contribution in [0.2, 0.25) is 0 Å². The van der Waals surface area contributed by atoms with Crippen molar-refractivity contribution < 1.29 is 14.4 Å². The second kappa shape index (κ2) is 6.86. The highest BCUT2D eigenvalue weighted by Crippen LogP contribution is 2.39. The summed E-state index contributed by atoms with van der Waals surface area (Å²) in [4.78, 5) is 40.3. The van der Waals surface area contributed by atoms with Gasteiger partial charge in [0, 0.05) is 12.7 Å². The first-order chi connectivity index (χ1) is 12.0. The smallest absolute Gasteiger partial charge is 0.325 e. The third-order valence-electron chi connectivity index (χ3n) is 5.43. The Labute approximate surface area is 148 Å². The Bertz CT molecular complexity index is 678.